The summed E-state index contributed by atoms with van der Waals surface area (Å²) in [4.78, 5) is 0. The smallest absolute Gasteiger partial charge is 0.200 e. The zero-order valence-electron chi connectivity index (χ0n) is 27.9. The lowest BCUT2D eigenvalue weighted by Gasteiger charge is -2.22. The molecule has 0 fully saturated rings. The van der Waals surface area contributed by atoms with Crippen LogP contribution in [0.4, 0.5) is 22.0 Å². The first-order valence-electron chi connectivity index (χ1n) is 17.0. The van der Waals surface area contributed by atoms with E-state index in [1.807, 2.05) is 26.0 Å². The van der Waals surface area contributed by atoms with E-state index in [4.69, 9.17) is 0 Å². The summed E-state index contributed by atoms with van der Waals surface area (Å²) in [5.74, 6) is -9.79. The van der Waals surface area contributed by atoms with Crippen LogP contribution in [0.15, 0.2) is 127 Å². The van der Waals surface area contributed by atoms with Crippen molar-refractivity contribution in [2.24, 2.45) is 0 Å². The molecule has 10 rings (SSSR count). The van der Waals surface area contributed by atoms with Crippen LogP contribution in [0, 0.1) is 29.1 Å². The molecule has 0 N–H and O–H groups in total. The van der Waals surface area contributed by atoms with E-state index >= 15 is 0 Å². The molecule has 252 valence electrons. The van der Waals surface area contributed by atoms with Gasteiger partial charge in [-0.1, -0.05) is 80.6 Å². The number of halogens is 5. The maximum absolute atomic E-state index is 14.9. The van der Waals surface area contributed by atoms with Gasteiger partial charge in [-0.15, -0.1) is 0 Å². The van der Waals surface area contributed by atoms with E-state index in [0.29, 0.717) is 0 Å². The van der Waals surface area contributed by atoms with E-state index in [1.54, 1.807) is 12.1 Å². The normalized spacial score (nSPS) is 13.4. The summed E-state index contributed by atoms with van der Waals surface area (Å²) in [6.45, 7) is 4.02. The molecule has 0 saturated carbocycles. The number of hydrogen-bond donors (Lipinski definition) is 0. The van der Waals surface area contributed by atoms with Gasteiger partial charge in [-0.25, -0.2) is 22.0 Å². The van der Waals surface area contributed by atoms with E-state index in [0.717, 1.165) is 66.5 Å². The Balaban J connectivity index is 1.15. The fourth-order valence-electron chi connectivity index (χ4n) is 8.44. The lowest BCUT2D eigenvalue weighted by Crippen LogP contribution is -2.15. The van der Waals surface area contributed by atoms with Crippen LogP contribution in [0.1, 0.15) is 25.0 Å². The maximum Gasteiger partial charge on any atom is 0.200 e. The monoisotopic (exact) mass is 690 g/mol. The summed E-state index contributed by atoms with van der Waals surface area (Å²) in [7, 11) is 0. The Bertz CT molecular complexity index is 2900. The van der Waals surface area contributed by atoms with Gasteiger partial charge in [0.2, 0.25) is 5.82 Å². The highest BCUT2D eigenvalue weighted by molar-refractivity contribution is 6.12. The van der Waals surface area contributed by atoms with E-state index in [9.17, 15) is 22.0 Å². The first-order valence-corrected chi connectivity index (χ1v) is 17.0. The average Bonchev–Trinajstić information content (AvgIpc) is 3.75. The predicted octanol–water partition coefficient (Wildman–Crippen LogP) is 12.5. The zero-order chi connectivity index (χ0) is 35.6. The molecular weight excluding hydrogens is 663 g/mol. The summed E-state index contributed by atoms with van der Waals surface area (Å²) < 4.78 is 76.7. The Morgan fingerprint density at radius 3 is 1.38 bits per heavy atom. The van der Waals surface area contributed by atoms with Crippen LogP contribution in [0.5, 0.6) is 0 Å². The zero-order valence-corrected chi connectivity index (χ0v) is 27.9. The number of rotatable bonds is 3. The molecule has 0 radical (unpaired) electrons. The Morgan fingerprint density at radius 2 is 0.846 bits per heavy atom. The van der Waals surface area contributed by atoms with Gasteiger partial charge in [-0.05, 0) is 88.5 Å². The largest absolute Gasteiger partial charge is 0.309 e. The SMILES string of the molecule is CC1(C)c2cc(-c3c(F)c(F)c(F)c(F)c3F)ccc2-c2cc3c(cc21)c1ccccc1n3-c1ccc(-n2c3ccccc3c3ccccc32)cc1. The molecule has 1 aliphatic carbocycles. The first-order chi connectivity index (χ1) is 25.1. The fourth-order valence-corrected chi connectivity index (χ4v) is 8.44. The molecule has 9 aromatic rings. The standard InChI is InChI=1S/C45H27F5N2/c1-45(2)33-21-24(39-40(46)42(48)44(50)43(49)41(39)47)15-20-27(33)31-23-38-32(22-34(31)45)30-11-5-8-14-37(30)52(38)26-18-16-25(17-19-26)51-35-12-6-3-9-28(35)29-10-4-7-13-36(29)51/h3-23H,1-2H3. The van der Waals surface area contributed by atoms with E-state index in [2.05, 4.69) is 106 Å². The first kappa shape index (κ1) is 30.6. The highest BCUT2D eigenvalue weighted by atomic mass is 19.2. The van der Waals surface area contributed by atoms with Crippen molar-refractivity contribution in [1.82, 2.24) is 9.13 Å². The van der Waals surface area contributed by atoms with Crippen molar-refractivity contribution >= 4 is 43.6 Å². The van der Waals surface area contributed by atoms with Gasteiger partial charge in [0.05, 0.1) is 27.6 Å². The van der Waals surface area contributed by atoms with Gasteiger partial charge in [-0.2, -0.15) is 0 Å². The highest BCUT2D eigenvalue weighted by Gasteiger charge is 2.37. The van der Waals surface area contributed by atoms with Crippen LogP contribution in [-0.4, -0.2) is 9.13 Å². The molecule has 1 aliphatic rings. The predicted molar refractivity (Wildman–Crippen MR) is 198 cm³/mol. The third-order valence-electron chi connectivity index (χ3n) is 10.9. The Kier molecular flexibility index (Phi) is 6.27. The quantitative estimate of drug-likeness (QED) is 0.0992. The fraction of sp³-hybridized carbons (Fsp3) is 0.0667. The molecule has 2 nitrogen and oxygen atoms in total. The summed E-state index contributed by atoms with van der Waals surface area (Å²) in [5.41, 5.74) is 8.22. The van der Waals surface area contributed by atoms with E-state index in [1.165, 1.54) is 16.8 Å². The third kappa shape index (κ3) is 3.99. The van der Waals surface area contributed by atoms with Crippen molar-refractivity contribution in [3.05, 3.63) is 168 Å². The summed E-state index contributed by atoms with van der Waals surface area (Å²) >= 11 is 0. The van der Waals surface area contributed by atoms with E-state index < -0.39 is 40.1 Å². The van der Waals surface area contributed by atoms with Crippen LogP contribution >= 0.6 is 0 Å². The van der Waals surface area contributed by atoms with Gasteiger partial charge < -0.3 is 9.13 Å². The van der Waals surface area contributed by atoms with Crippen LogP contribution < -0.4 is 0 Å². The minimum Gasteiger partial charge on any atom is -0.309 e. The van der Waals surface area contributed by atoms with Crippen molar-refractivity contribution in [2.75, 3.05) is 0 Å². The third-order valence-corrected chi connectivity index (χ3v) is 10.9. The molecule has 0 unspecified atom stereocenters. The van der Waals surface area contributed by atoms with E-state index in [-0.39, 0.29) is 5.56 Å². The Hall–Kier alpha value is -6.21. The van der Waals surface area contributed by atoms with Crippen LogP contribution in [0.25, 0.3) is 77.2 Å². The van der Waals surface area contributed by atoms with Crippen molar-refractivity contribution in [3.63, 3.8) is 0 Å². The average molecular weight is 691 g/mol. The van der Waals surface area contributed by atoms with Crippen LogP contribution in [0.3, 0.4) is 0 Å². The maximum atomic E-state index is 14.9. The van der Waals surface area contributed by atoms with Crippen molar-refractivity contribution in [3.8, 4) is 33.6 Å². The highest BCUT2D eigenvalue weighted by Crippen LogP contribution is 2.52. The minimum atomic E-state index is -2.17. The van der Waals surface area contributed by atoms with Crippen molar-refractivity contribution in [1.29, 1.82) is 0 Å². The van der Waals surface area contributed by atoms with Gasteiger partial charge in [0.15, 0.2) is 23.3 Å². The topological polar surface area (TPSA) is 9.86 Å². The molecule has 2 heterocycles. The van der Waals surface area contributed by atoms with Crippen molar-refractivity contribution in [2.45, 2.75) is 19.3 Å². The summed E-state index contributed by atoms with van der Waals surface area (Å²) in [6.07, 6.45) is 0. The second-order valence-electron chi connectivity index (χ2n) is 14.0. The Labute approximate surface area is 294 Å². The Morgan fingerprint density at radius 1 is 0.404 bits per heavy atom. The molecule has 0 amide bonds. The molecule has 7 aromatic carbocycles. The molecule has 0 spiro atoms. The second kappa shape index (κ2) is 10.7. The summed E-state index contributed by atoms with van der Waals surface area (Å²) in [6, 6.07) is 42.6. The number of para-hydroxylation sites is 3. The number of nitrogens with zero attached hydrogens (tertiary/aromatic N) is 2. The molecule has 0 saturated heterocycles. The number of benzene rings is 7. The second-order valence-corrected chi connectivity index (χ2v) is 14.0. The van der Waals surface area contributed by atoms with Gasteiger partial charge in [0.1, 0.15) is 0 Å². The number of aromatic nitrogens is 2. The lowest BCUT2D eigenvalue weighted by atomic mass is 9.81. The molecule has 0 bridgehead atoms. The molecule has 0 aliphatic heterocycles. The van der Waals surface area contributed by atoms with Crippen molar-refractivity contribution < 1.29 is 22.0 Å². The molecule has 52 heavy (non-hydrogen) atoms. The van der Waals surface area contributed by atoms with Gasteiger partial charge >= 0.3 is 0 Å². The lowest BCUT2D eigenvalue weighted by molar-refractivity contribution is 0.381. The molecule has 2 aromatic heterocycles. The van der Waals surface area contributed by atoms with Gasteiger partial charge in [-0.3, -0.25) is 0 Å². The molecule has 7 heteroatoms. The van der Waals surface area contributed by atoms with Gasteiger partial charge in [0, 0.05) is 38.3 Å². The summed E-state index contributed by atoms with van der Waals surface area (Å²) in [5, 5.41) is 4.50. The number of hydrogen-bond acceptors (Lipinski definition) is 0. The molecular formula is C45H27F5N2. The number of fused-ring (bicyclic) bond motifs is 9. The van der Waals surface area contributed by atoms with Gasteiger partial charge in [0.25, 0.3) is 0 Å². The van der Waals surface area contributed by atoms with Crippen LogP contribution in [-0.2, 0) is 5.41 Å². The molecule has 0 atom stereocenters. The van der Waals surface area contributed by atoms with Crippen LogP contribution in [0.2, 0.25) is 0 Å². The minimum absolute atomic E-state index is 0.0738.